The molecule has 1 aliphatic rings. The van der Waals surface area contributed by atoms with E-state index in [1.165, 1.54) is 0 Å². The van der Waals surface area contributed by atoms with Gasteiger partial charge in [-0.25, -0.2) is 9.18 Å². The van der Waals surface area contributed by atoms with Gasteiger partial charge in [0.25, 0.3) is 5.69 Å². The smallest absolute Gasteiger partial charge is 0.321 e. The fourth-order valence-corrected chi connectivity index (χ4v) is 2.33. The largest absolute Gasteiger partial charge is 0.324 e. The summed E-state index contributed by atoms with van der Waals surface area (Å²) >= 11 is 0. The number of nitrogens with one attached hydrogen (secondary N) is 1. The summed E-state index contributed by atoms with van der Waals surface area (Å²) in [5, 5.41) is 13.2. The number of amides is 2. The average molecular weight is 281 g/mol. The van der Waals surface area contributed by atoms with Gasteiger partial charge in [-0.3, -0.25) is 10.1 Å². The number of urea groups is 1. The Morgan fingerprint density at radius 1 is 1.50 bits per heavy atom. The van der Waals surface area contributed by atoms with Crippen LogP contribution < -0.4 is 5.32 Å². The van der Waals surface area contributed by atoms with Crippen molar-refractivity contribution >= 4 is 17.4 Å². The second-order valence-electron chi connectivity index (χ2n) is 5.08. The van der Waals surface area contributed by atoms with Crippen molar-refractivity contribution < 1.29 is 14.1 Å². The normalized spacial score (nSPS) is 18.7. The monoisotopic (exact) mass is 281 g/mol. The van der Waals surface area contributed by atoms with Crippen LogP contribution >= 0.6 is 0 Å². The first-order valence-electron chi connectivity index (χ1n) is 6.46. The third-order valence-electron chi connectivity index (χ3n) is 3.29. The second-order valence-corrected chi connectivity index (χ2v) is 5.08. The number of carbonyl (C=O) groups is 1. The van der Waals surface area contributed by atoms with E-state index in [9.17, 15) is 19.3 Å². The molecular formula is C13H16FN3O3. The van der Waals surface area contributed by atoms with E-state index < -0.39 is 10.7 Å². The maximum atomic E-state index is 13.3. The average Bonchev–Trinajstić information content (AvgIpc) is 2.37. The van der Waals surface area contributed by atoms with Gasteiger partial charge in [-0.05, 0) is 24.8 Å². The quantitative estimate of drug-likeness (QED) is 0.668. The van der Waals surface area contributed by atoms with Crippen molar-refractivity contribution in [1.29, 1.82) is 0 Å². The molecule has 1 aromatic rings. The first-order valence-corrected chi connectivity index (χ1v) is 6.46. The number of hydrogen-bond acceptors (Lipinski definition) is 3. The number of likely N-dealkylation sites (tertiary alicyclic amines) is 1. The Bertz CT molecular complexity index is 536. The summed E-state index contributed by atoms with van der Waals surface area (Å²) in [4.78, 5) is 23.6. The molecule has 1 fully saturated rings. The third-order valence-corrected chi connectivity index (χ3v) is 3.29. The lowest BCUT2D eigenvalue weighted by atomic mass is 10.0. The lowest BCUT2D eigenvalue weighted by Crippen LogP contribution is -2.41. The molecule has 2 rings (SSSR count). The highest BCUT2D eigenvalue weighted by molar-refractivity contribution is 5.89. The summed E-state index contributed by atoms with van der Waals surface area (Å²) in [6.07, 6.45) is 2.01. The second kappa shape index (κ2) is 5.85. The summed E-state index contributed by atoms with van der Waals surface area (Å²) in [5.41, 5.74) is -0.285. The minimum atomic E-state index is -0.749. The van der Waals surface area contributed by atoms with Crippen LogP contribution in [0.5, 0.6) is 0 Å². The Labute approximate surface area is 115 Å². The van der Waals surface area contributed by atoms with E-state index in [2.05, 4.69) is 12.2 Å². The molecule has 2 amide bonds. The number of rotatable bonds is 2. The van der Waals surface area contributed by atoms with E-state index in [1.54, 1.807) is 4.90 Å². The predicted molar refractivity (Wildman–Crippen MR) is 72.0 cm³/mol. The highest BCUT2D eigenvalue weighted by atomic mass is 19.1. The third kappa shape index (κ3) is 3.43. The molecule has 0 aliphatic carbocycles. The van der Waals surface area contributed by atoms with Crippen molar-refractivity contribution in [2.75, 3.05) is 18.4 Å². The van der Waals surface area contributed by atoms with E-state index >= 15 is 0 Å². The van der Waals surface area contributed by atoms with Crippen LogP contribution in [0, 0.1) is 21.8 Å². The molecule has 6 nitrogen and oxygen atoms in total. The van der Waals surface area contributed by atoms with Gasteiger partial charge in [-0.1, -0.05) is 6.92 Å². The van der Waals surface area contributed by atoms with Crippen LogP contribution in [0.3, 0.4) is 0 Å². The number of benzene rings is 1. The molecule has 7 heteroatoms. The van der Waals surface area contributed by atoms with Gasteiger partial charge in [-0.2, -0.15) is 0 Å². The molecule has 1 heterocycles. The van der Waals surface area contributed by atoms with Crippen molar-refractivity contribution in [1.82, 2.24) is 4.90 Å². The lowest BCUT2D eigenvalue weighted by molar-refractivity contribution is -0.385. The standard InChI is InChI=1S/C13H16FN3O3/c1-9-3-2-4-16(8-9)13(18)15-11-5-10(14)6-12(7-11)17(19)20/h5-7,9H,2-4,8H2,1H3,(H,15,18). The topological polar surface area (TPSA) is 75.5 Å². The van der Waals surface area contributed by atoms with Gasteiger partial charge in [0, 0.05) is 19.2 Å². The number of carbonyl (C=O) groups excluding carboxylic acids is 1. The number of nitro benzene ring substituents is 1. The molecular weight excluding hydrogens is 265 g/mol. The number of non-ortho nitro benzene ring substituents is 1. The van der Waals surface area contributed by atoms with Gasteiger partial charge in [-0.15, -0.1) is 0 Å². The van der Waals surface area contributed by atoms with Gasteiger partial charge in [0.05, 0.1) is 16.7 Å². The molecule has 0 bridgehead atoms. The van der Waals surface area contributed by atoms with Crippen LogP contribution in [-0.4, -0.2) is 28.9 Å². The van der Waals surface area contributed by atoms with E-state index in [0.29, 0.717) is 19.0 Å². The van der Waals surface area contributed by atoms with E-state index in [1.807, 2.05) is 0 Å². The SMILES string of the molecule is CC1CCCN(C(=O)Nc2cc(F)cc([N+](=O)[O-])c2)C1. The number of anilines is 1. The van der Waals surface area contributed by atoms with E-state index in [0.717, 1.165) is 31.0 Å². The van der Waals surface area contributed by atoms with Crippen molar-refractivity contribution in [3.63, 3.8) is 0 Å². The fraction of sp³-hybridized carbons (Fsp3) is 0.462. The Morgan fingerprint density at radius 2 is 2.25 bits per heavy atom. The minimum Gasteiger partial charge on any atom is -0.324 e. The molecule has 108 valence electrons. The number of nitro groups is 1. The van der Waals surface area contributed by atoms with Crippen LogP contribution in [0.1, 0.15) is 19.8 Å². The zero-order valence-electron chi connectivity index (χ0n) is 11.1. The number of halogens is 1. The lowest BCUT2D eigenvalue weighted by Gasteiger charge is -2.30. The molecule has 0 spiro atoms. The molecule has 0 aromatic heterocycles. The summed E-state index contributed by atoms with van der Waals surface area (Å²) in [6, 6.07) is 2.68. The van der Waals surface area contributed by atoms with Crippen molar-refractivity contribution in [3.8, 4) is 0 Å². The number of hydrogen-bond donors (Lipinski definition) is 1. The molecule has 0 radical (unpaired) electrons. The molecule has 0 saturated carbocycles. The Morgan fingerprint density at radius 3 is 2.90 bits per heavy atom. The molecule has 1 aliphatic heterocycles. The zero-order chi connectivity index (χ0) is 14.7. The van der Waals surface area contributed by atoms with E-state index in [-0.39, 0.29) is 17.4 Å². The highest BCUT2D eigenvalue weighted by Crippen LogP contribution is 2.21. The van der Waals surface area contributed by atoms with Crippen molar-refractivity contribution in [2.24, 2.45) is 5.92 Å². The van der Waals surface area contributed by atoms with Crippen LogP contribution in [-0.2, 0) is 0 Å². The predicted octanol–water partition coefficient (Wildman–Crippen LogP) is 3.00. The van der Waals surface area contributed by atoms with Gasteiger partial charge >= 0.3 is 6.03 Å². The van der Waals surface area contributed by atoms with Gasteiger partial charge in [0.15, 0.2) is 0 Å². The summed E-state index contributed by atoms with van der Waals surface area (Å²) in [6.45, 7) is 3.35. The van der Waals surface area contributed by atoms with E-state index in [4.69, 9.17) is 0 Å². The first-order chi connectivity index (χ1) is 9.45. The Hall–Kier alpha value is -2.18. The molecule has 1 unspecified atom stereocenters. The van der Waals surface area contributed by atoms with Crippen LogP contribution in [0.4, 0.5) is 20.6 Å². The van der Waals surface area contributed by atoms with Gasteiger partial charge in [0.1, 0.15) is 5.82 Å². The summed E-state index contributed by atoms with van der Waals surface area (Å²) < 4.78 is 13.3. The number of piperidine rings is 1. The molecule has 1 saturated heterocycles. The van der Waals surface area contributed by atoms with Crippen molar-refractivity contribution in [3.05, 3.63) is 34.1 Å². The van der Waals surface area contributed by atoms with Crippen molar-refractivity contribution in [2.45, 2.75) is 19.8 Å². The maximum Gasteiger partial charge on any atom is 0.321 e. The van der Waals surface area contributed by atoms with Gasteiger partial charge < -0.3 is 10.2 Å². The first kappa shape index (κ1) is 14.2. The zero-order valence-corrected chi connectivity index (χ0v) is 11.1. The maximum absolute atomic E-state index is 13.3. The highest BCUT2D eigenvalue weighted by Gasteiger charge is 2.21. The molecule has 1 aromatic carbocycles. The van der Waals surface area contributed by atoms with Crippen LogP contribution in [0.15, 0.2) is 18.2 Å². The molecule has 1 N–H and O–H groups in total. The summed E-state index contributed by atoms with van der Waals surface area (Å²) in [5.74, 6) is -0.321. The fourth-order valence-electron chi connectivity index (χ4n) is 2.33. The van der Waals surface area contributed by atoms with Crippen LogP contribution in [0.25, 0.3) is 0 Å². The van der Waals surface area contributed by atoms with Gasteiger partial charge in [0.2, 0.25) is 0 Å². The number of nitrogens with zero attached hydrogens (tertiary/aromatic N) is 2. The van der Waals surface area contributed by atoms with Crippen LogP contribution in [0.2, 0.25) is 0 Å². The minimum absolute atomic E-state index is 0.0972. The summed E-state index contributed by atoms with van der Waals surface area (Å²) in [7, 11) is 0. The molecule has 20 heavy (non-hydrogen) atoms. The Kier molecular flexibility index (Phi) is 4.16. The Balaban J connectivity index is 2.09. The molecule has 1 atom stereocenters.